The van der Waals surface area contributed by atoms with Gasteiger partial charge < -0.3 is 15.2 Å². The summed E-state index contributed by atoms with van der Waals surface area (Å²) in [6.07, 6.45) is 4.05. The van der Waals surface area contributed by atoms with Crippen molar-refractivity contribution in [3.8, 4) is 0 Å². The summed E-state index contributed by atoms with van der Waals surface area (Å²) in [6, 6.07) is 1.82. The fraction of sp³-hybridized carbons (Fsp3) is 0.417. The van der Waals surface area contributed by atoms with Crippen LogP contribution >= 0.6 is 0 Å². The Morgan fingerprint density at radius 2 is 1.94 bits per heavy atom. The van der Waals surface area contributed by atoms with Gasteiger partial charge in [0.2, 0.25) is 0 Å². The molecule has 0 unspecified atom stereocenters. The van der Waals surface area contributed by atoms with Crippen LogP contribution in [-0.4, -0.2) is 21.7 Å². The zero-order valence-corrected chi connectivity index (χ0v) is 10.6. The van der Waals surface area contributed by atoms with E-state index in [0.717, 1.165) is 35.9 Å². The Morgan fingerprint density at radius 1 is 1.17 bits per heavy atom. The van der Waals surface area contributed by atoms with Crippen molar-refractivity contribution in [1.29, 1.82) is 0 Å². The summed E-state index contributed by atoms with van der Waals surface area (Å²) in [7, 11) is 0. The molecule has 0 aliphatic carbocycles. The Bertz CT molecular complexity index is 483. The van der Waals surface area contributed by atoms with Crippen LogP contribution in [0.4, 0.5) is 11.6 Å². The lowest BCUT2D eigenvalue weighted by Gasteiger charge is -2.12. The second kappa shape index (κ2) is 6.00. The van der Waals surface area contributed by atoms with Crippen LogP contribution in [0.25, 0.3) is 0 Å². The lowest BCUT2D eigenvalue weighted by atomic mass is 10.2. The molecule has 0 bridgehead atoms. The van der Waals surface area contributed by atoms with Gasteiger partial charge in [-0.3, -0.25) is 0 Å². The van der Waals surface area contributed by atoms with E-state index in [1.165, 1.54) is 0 Å². The van der Waals surface area contributed by atoms with Crippen molar-refractivity contribution in [3.63, 3.8) is 0 Å². The number of hydrogen-bond acceptors (Lipinski definition) is 6. The summed E-state index contributed by atoms with van der Waals surface area (Å²) in [5, 5.41) is 10.1. The van der Waals surface area contributed by atoms with Crippen LogP contribution in [-0.2, 0) is 13.0 Å². The Balaban J connectivity index is 2.13. The first-order valence-electron chi connectivity index (χ1n) is 6.06. The van der Waals surface area contributed by atoms with Gasteiger partial charge in [0.05, 0.1) is 12.7 Å². The fourth-order valence-electron chi connectivity index (χ4n) is 1.72. The maximum atomic E-state index is 5.03. The quantitative estimate of drug-likeness (QED) is 0.813. The Hall–Kier alpha value is -2.11. The molecule has 18 heavy (non-hydrogen) atoms. The average molecular weight is 247 g/mol. The second-order valence-corrected chi connectivity index (χ2v) is 3.77. The summed E-state index contributed by atoms with van der Waals surface area (Å²) in [4.78, 5) is 8.51. The van der Waals surface area contributed by atoms with Crippen LogP contribution in [0.3, 0.4) is 0 Å². The van der Waals surface area contributed by atoms with Gasteiger partial charge in [0.25, 0.3) is 0 Å². The van der Waals surface area contributed by atoms with E-state index in [4.69, 9.17) is 4.52 Å². The molecule has 2 rings (SSSR count). The van der Waals surface area contributed by atoms with Crippen molar-refractivity contribution in [2.75, 3.05) is 17.2 Å². The average Bonchev–Trinajstić information content (AvgIpc) is 2.90. The van der Waals surface area contributed by atoms with Crippen LogP contribution < -0.4 is 10.6 Å². The first kappa shape index (κ1) is 12.3. The highest BCUT2D eigenvalue weighted by molar-refractivity contribution is 5.57. The number of nitrogens with one attached hydrogen (secondary N) is 2. The highest BCUT2D eigenvalue weighted by Gasteiger charge is 2.09. The van der Waals surface area contributed by atoms with Crippen LogP contribution in [0.2, 0.25) is 0 Å². The van der Waals surface area contributed by atoms with E-state index in [-0.39, 0.29) is 0 Å². The minimum absolute atomic E-state index is 0.565. The molecular formula is C12H17N5O. The third-order valence-electron chi connectivity index (χ3n) is 2.56. The fourth-order valence-corrected chi connectivity index (χ4v) is 1.72. The van der Waals surface area contributed by atoms with E-state index in [1.807, 2.05) is 13.0 Å². The molecule has 0 fully saturated rings. The van der Waals surface area contributed by atoms with Gasteiger partial charge in [-0.25, -0.2) is 9.97 Å². The molecule has 0 spiro atoms. The minimum atomic E-state index is 0.565. The Kier molecular flexibility index (Phi) is 4.11. The predicted octanol–water partition coefficient (Wildman–Crippen LogP) is 2.07. The summed E-state index contributed by atoms with van der Waals surface area (Å²) < 4.78 is 5.03. The van der Waals surface area contributed by atoms with Crippen LogP contribution in [0.5, 0.6) is 0 Å². The summed E-state index contributed by atoms with van der Waals surface area (Å²) in [5.74, 6) is 2.50. The first-order valence-corrected chi connectivity index (χ1v) is 6.06. The van der Waals surface area contributed by atoms with Crippen molar-refractivity contribution in [1.82, 2.24) is 15.1 Å². The Labute approximate surface area is 106 Å². The van der Waals surface area contributed by atoms with E-state index < -0.39 is 0 Å². The highest BCUT2D eigenvalue weighted by Crippen LogP contribution is 2.20. The molecule has 0 radical (unpaired) electrons. The number of hydrogen-bond donors (Lipinski definition) is 2. The van der Waals surface area contributed by atoms with Crippen LogP contribution in [0.1, 0.15) is 25.2 Å². The highest BCUT2D eigenvalue weighted by atomic mass is 16.5. The molecular weight excluding hydrogens is 230 g/mol. The molecule has 6 nitrogen and oxygen atoms in total. The Morgan fingerprint density at radius 3 is 2.56 bits per heavy atom. The van der Waals surface area contributed by atoms with E-state index in [2.05, 4.69) is 32.7 Å². The lowest BCUT2D eigenvalue weighted by Crippen LogP contribution is -2.09. The van der Waals surface area contributed by atoms with E-state index in [1.54, 1.807) is 12.5 Å². The molecule has 2 heterocycles. The largest absolute Gasteiger partial charge is 0.370 e. The zero-order valence-electron chi connectivity index (χ0n) is 10.6. The normalized spacial score (nSPS) is 10.3. The summed E-state index contributed by atoms with van der Waals surface area (Å²) >= 11 is 0. The van der Waals surface area contributed by atoms with Crippen molar-refractivity contribution < 1.29 is 4.52 Å². The molecule has 6 heteroatoms. The molecule has 0 saturated carbocycles. The van der Waals surface area contributed by atoms with Gasteiger partial charge in [-0.2, -0.15) is 0 Å². The SMILES string of the molecule is CCNc1ncnc(NCc2ccno2)c1CC. The maximum absolute atomic E-state index is 5.03. The molecule has 0 aromatic carbocycles. The second-order valence-electron chi connectivity index (χ2n) is 3.77. The van der Waals surface area contributed by atoms with Gasteiger partial charge in [-0.15, -0.1) is 0 Å². The molecule has 2 N–H and O–H groups in total. The molecule has 0 atom stereocenters. The third-order valence-corrected chi connectivity index (χ3v) is 2.56. The molecule has 0 aliphatic rings. The summed E-state index contributed by atoms with van der Waals surface area (Å²) in [5.41, 5.74) is 1.08. The molecule has 0 amide bonds. The van der Waals surface area contributed by atoms with E-state index in [9.17, 15) is 0 Å². The maximum Gasteiger partial charge on any atom is 0.155 e. The smallest absolute Gasteiger partial charge is 0.155 e. The predicted molar refractivity (Wildman–Crippen MR) is 69.4 cm³/mol. The molecule has 96 valence electrons. The number of anilines is 2. The van der Waals surface area contributed by atoms with Crippen LogP contribution in [0, 0.1) is 0 Å². The van der Waals surface area contributed by atoms with Gasteiger partial charge in [0.15, 0.2) is 5.76 Å². The number of aromatic nitrogens is 3. The van der Waals surface area contributed by atoms with E-state index in [0.29, 0.717) is 6.54 Å². The van der Waals surface area contributed by atoms with Crippen LogP contribution in [0.15, 0.2) is 23.1 Å². The standard InChI is InChI=1S/C12H17N5O/c1-3-10-11(13-4-2)15-8-16-12(10)14-7-9-5-6-17-18-9/h5-6,8H,3-4,7H2,1-2H3,(H2,13,14,15,16). The van der Waals surface area contributed by atoms with Gasteiger partial charge in [-0.05, 0) is 13.3 Å². The topological polar surface area (TPSA) is 75.9 Å². The molecule has 0 aliphatic heterocycles. The monoisotopic (exact) mass is 247 g/mol. The number of nitrogens with zero attached hydrogens (tertiary/aromatic N) is 3. The molecule has 2 aromatic heterocycles. The van der Waals surface area contributed by atoms with Gasteiger partial charge in [0, 0.05) is 18.2 Å². The third kappa shape index (κ3) is 2.77. The zero-order chi connectivity index (χ0) is 12.8. The number of rotatable bonds is 6. The van der Waals surface area contributed by atoms with Gasteiger partial charge in [-0.1, -0.05) is 12.1 Å². The van der Waals surface area contributed by atoms with Crippen molar-refractivity contribution in [3.05, 3.63) is 29.9 Å². The van der Waals surface area contributed by atoms with E-state index >= 15 is 0 Å². The molecule has 0 saturated heterocycles. The van der Waals surface area contributed by atoms with Crippen molar-refractivity contribution >= 4 is 11.6 Å². The van der Waals surface area contributed by atoms with Crippen molar-refractivity contribution in [2.24, 2.45) is 0 Å². The van der Waals surface area contributed by atoms with Crippen molar-refractivity contribution in [2.45, 2.75) is 26.8 Å². The van der Waals surface area contributed by atoms with Gasteiger partial charge >= 0.3 is 0 Å². The van der Waals surface area contributed by atoms with Gasteiger partial charge in [0.1, 0.15) is 18.0 Å². The molecule has 2 aromatic rings. The first-order chi connectivity index (χ1) is 8.85. The summed E-state index contributed by atoms with van der Waals surface area (Å²) in [6.45, 7) is 5.53. The minimum Gasteiger partial charge on any atom is -0.370 e. The lowest BCUT2D eigenvalue weighted by molar-refractivity contribution is 0.388.